The average molecular weight is 335 g/mol. The molecule has 2 aromatic carbocycles. The summed E-state index contributed by atoms with van der Waals surface area (Å²) in [4.78, 5) is 0.265. The first kappa shape index (κ1) is 17.3. The van der Waals surface area contributed by atoms with E-state index in [1.54, 1.807) is 50.6 Å². The van der Waals surface area contributed by atoms with E-state index in [9.17, 15) is 8.42 Å². The predicted octanol–water partition coefficient (Wildman–Crippen LogP) is 2.80. The van der Waals surface area contributed by atoms with Crippen LogP contribution in [-0.2, 0) is 16.6 Å². The van der Waals surface area contributed by atoms with Crippen molar-refractivity contribution in [3.63, 3.8) is 0 Å². The van der Waals surface area contributed by atoms with Gasteiger partial charge in [0.1, 0.15) is 0 Å². The minimum atomic E-state index is -3.56. The van der Waals surface area contributed by atoms with Crippen molar-refractivity contribution in [3.8, 4) is 11.5 Å². The van der Waals surface area contributed by atoms with Crippen LogP contribution in [-0.4, -0.2) is 22.6 Å². The van der Waals surface area contributed by atoms with Crippen molar-refractivity contribution in [1.82, 2.24) is 4.72 Å². The number of ether oxygens (including phenoxy) is 2. The number of rotatable bonds is 6. The zero-order valence-corrected chi connectivity index (χ0v) is 14.5. The highest BCUT2D eigenvalue weighted by atomic mass is 32.2. The van der Waals surface area contributed by atoms with E-state index in [4.69, 9.17) is 9.47 Å². The molecule has 0 aliphatic rings. The van der Waals surface area contributed by atoms with Crippen LogP contribution >= 0.6 is 0 Å². The number of aryl methyl sites for hydroxylation is 2. The summed E-state index contributed by atoms with van der Waals surface area (Å²) in [6.07, 6.45) is 0. The Bertz CT molecular complexity index is 800. The van der Waals surface area contributed by atoms with Gasteiger partial charge in [-0.25, -0.2) is 13.1 Å². The molecule has 2 rings (SSSR count). The van der Waals surface area contributed by atoms with Crippen LogP contribution in [0.1, 0.15) is 16.7 Å². The SMILES string of the molecule is COc1ccc(CNS(=O)(=O)c2ccc(C)c(C)c2)cc1OC. The fourth-order valence-electron chi connectivity index (χ4n) is 2.13. The molecule has 2 aromatic rings. The molecule has 124 valence electrons. The van der Waals surface area contributed by atoms with E-state index >= 15 is 0 Å². The maximum Gasteiger partial charge on any atom is 0.240 e. The van der Waals surface area contributed by atoms with Crippen molar-refractivity contribution in [2.75, 3.05) is 14.2 Å². The monoisotopic (exact) mass is 335 g/mol. The Hall–Kier alpha value is -2.05. The number of hydrogen-bond acceptors (Lipinski definition) is 4. The van der Waals surface area contributed by atoms with E-state index in [2.05, 4.69) is 4.72 Å². The molecule has 6 heteroatoms. The Labute approximate surface area is 137 Å². The number of sulfonamides is 1. The van der Waals surface area contributed by atoms with Crippen LogP contribution in [0.15, 0.2) is 41.3 Å². The smallest absolute Gasteiger partial charge is 0.240 e. The molecule has 0 aliphatic heterocycles. The Balaban J connectivity index is 2.17. The van der Waals surface area contributed by atoms with Crippen LogP contribution < -0.4 is 14.2 Å². The van der Waals surface area contributed by atoms with Gasteiger partial charge in [-0.05, 0) is 54.8 Å². The fourth-order valence-corrected chi connectivity index (χ4v) is 3.24. The fraction of sp³-hybridized carbons (Fsp3) is 0.294. The Morgan fingerprint density at radius 2 is 1.61 bits per heavy atom. The van der Waals surface area contributed by atoms with Crippen molar-refractivity contribution in [2.45, 2.75) is 25.3 Å². The molecular formula is C17H21NO4S. The minimum Gasteiger partial charge on any atom is -0.493 e. The molecule has 0 fully saturated rings. The molecule has 0 unspecified atom stereocenters. The van der Waals surface area contributed by atoms with Crippen LogP contribution in [0.4, 0.5) is 0 Å². The van der Waals surface area contributed by atoms with E-state index in [0.29, 0.717) is 11.5 Å². The van der Waals surface area contributed by atoms with E-state index in [1.807, 2.05) is 13.8 Å². The molecular weight excluding hydrogens is 314 g/mol. The van der Waals surface area contributed by atoms with Gasteiger partial charge in [-0.1, -0.05) is 12.1 Å². The molecule has 0 atom stereocenters. The quantitative estimate of drug-likeness (QED) is 0.882. The van der Waals surface area contributed by atoms with Crippen LogP contribution in [0.2, 0.25) is 0 Å². The van der Waals surface area contributed by atoms with Gasteiger partial charge in [-0.15, -0.1) is 0 Å². The molecule has 0 amide bonds. The third kappa shape index (κ3) is 4.03. The molecule has 5 nitrogen and oxygen atoms in total. The Kier molecular flexibility index (Phi) is 5.28. The lowest BCUT2D eigenvalue weighted by molar-refractivity contribution is 0.354. The first-order valence-corrected chi connectivity index (χ1v) is 8.63. The van der Waals surface area contributed by atoms with Crippen LogP contribution in [0.5, 0.6) is 11.5 Å². The van der Waals surface area contributed by atoms with E-state index in [-0.39, 0.29) is 11.4 Å². The van der Waals surface area contributed by atoms with Crippen molar-refractivity contribution in [3.05, 3.63) is 53.1 Å². The second-order valence-corrected chi connectivity index (χ2v) is 7.03. The number of hydrogen-bond donors (Lipinski definition) is 1. The molecule has 0 heterocycles. The van der Waals surface area contributed by atoms with Crippen molar-refractivity contribution >= 4 is 10.0 Å². The molecule has 0 aromatic heterocycles. The molecule has 0 aliphatic carbocycles. The zero-order valence-electron chi connectivity index (χ0n) is 13.7. The van der Waals surface area contributed by atoms with Crippen molar-refractivity contribution in [1.29, 1.82) is 0 Å². The summed E-state index contributed by atoms with van der Waals surface area (Å²) in [5.74, 6) is 1.17. The summed E-state index contributed by atoms with van der Waals surface area (Å²) in [5.41, 5.74) is 2.79. The lowest BCUT2D eigenvalue weighted by Gasteiger charge is -2.11. The summed E-state index contributed by atoms with van der Waals surface area (Å²) >= 11 is 0. The summed E-state index contributed by atoms with van der Waals surface area (Å²) in [7, 11) is -0.457. The minimum absolute atomic E-state index is 0.176. The topological polar surface area (TPSA) is 64.6 Å². The molecule has 0 radical (unpaired) electrons. The molecule has 0 spiro atoms. The Morgan fingerprint density at radius 1 is 0.913 bits per heavy atom. The van der Waals surface area contributed by atoms with Gasteiger partial charge in [-0.3, -0.25) is 0 Å². The van der Waals surface area contributed by atoms with Gasteiger partial charge in [0.05, 0.1) is 19.1 Å². The van der Waals surface area contributed by atoms with Gasteiger partial charge in [0, 0.05) is 6.54 Å². The first-order chi connectivity index (χ1) is 10.9. The average Bonchev–Trinajstić information content (AvgIpc) is 2.55. The third-order valence-electron chi connectivity index (χ3n) is 3.70. The van der Waals surface area contributed by atoms with Gasteiger partial charge < -0.3 is 9.47 Å². The zero-order chi connectivity index (χ0) is 17.0. The Morgan fingerprint density at radius 3 is 2.22 bits per heavy atom. The molecule has 0 saturated heterocycles. The highest BCUT2D eigenvalue weighted by molar-refractivity contribution is 7.89. The normalized spacial score (nSPS) is 11.3. The van der Waals surface area contributed by atoms with Crippen LogP contribution in [0.3, 0.4) is 0 Å². The third-order valence-corrected chi connectivity index (χ3v) is 5.10. The largest absolute Gasteiger partial charge is 0.493 e. The van der Waals surface area contributed by atoms with Gasteiger partial charge in [0.25, 0.3) is 0 Å². The van der Waals surface area contributed by atoms with E-state index in [1.165, 1.54) is 0 Å². The summed E-state index contributed by atoms with van der Waals surface area (Å²) in [6.45, 7) is 4.01. The number of methoxy groups -OCH3 is 2. The predicted molar refractivity (Wildman–Crippen MR) is 89.5 cm³/mol. The van der Waals surface area contributed by atoms with Crippen LogP contribution in [0, 0.1) is 13.8 Å². The van der Waals surface area contributed by atoms with E-state index < -0.39 is 10.0 Å². The lowest BCUT2D eigenvalue weighted by Crippen LogP contribution is -2.23. The first-order valence-electron chi connectivity index (χ1n) is 7.15. The van der Waals surface area contributed by atoms with Gasteiger partial charge in [0.15, 0.2) is 11.5 Å². The highest BCUT2D eigenvalue weighted by Gasteiger charge is 2.15. The summed E-state index contributed by atoms with van der Waals surface area (Å²) < 4.78 is 37.7. The molecule has 0 saturated carbocycles. The van der Waals surface area contributed by atoms with Crippen LogP contribution in [0.25, 0.3) is 0 Å². The molecule has 0 bridgehead atoms. The van der Waals surface area contributed by atoms with Crippen molar-refractivity contribution in [2.24, 2.45) is 0 Å². The molecule has 1 N–H and O–H groups in total. The van der Waals surface area contributed by atoms with E-state index in [0.717, 1.165) is 16.7 Å². The van der Waals surface area contributed by atoms with Gasteiger partial charge in [0.2, 0.25) is 10.0 Å². The summed E-state index contributed by atoms with van der Waals surface area (Å²) in [6, 6.07) is 10.4. The number of benzene rings is 2. The number of nitrogens with one attached hydrogen (secondary N) is 1. The maximum absolute atomic E-state index is 12.4. The maximum atomic E-state index is 12.4. The van der Waals surface area contributed by atoms with Crippen molar-refractivity contribution < 1.29 is 17.9 Å². The standard InChI is InChI=1S/C17H21NO4S/c1-12-5-7-15(9-13(12)2)23(19,20)18-11-14-6-8-16(21-3)17(10-14)22-4/h5-10,18H,11H2,1-4H3. The lowest BCUT2D eigenvalue weighted by atomic mass is 10.1. The summed E-state index contributed by atoms with van der Waals surface area (Å²) in [5, 5.41) is 0. The second kappa shape index (κ2) is 7.02. The highest BCUT2D eigenvalue weighted by Crippen LogP contribution is 2.27. The second-order valence-electron chi connectivity index (χ2n) is 5.26. The van der Waals surface area contributed by atoms with Gasteiger partial charge in [-0.2, -0.15) is 0 Å². The molecule has 23 heavy (non-hydrogen) atoms. The van der Waals surface area contributed by atoms with Gasteiger partial charge >= 0.3 is 0 Å².